The molecule has 32 heavy (non-hydrogen) atoms. The largest absolute Gasteiger partial charge is 0.481 e. The highest BCUT2D eigenvalue weighted by atomic mass is 32.2. The Balaban J connectivity index is 1.62. The Labute approximate surface area is 195 Å². The van der Waals surface area contributed by atoms with Crippen LogP contribution in [0, 0.1) is 6.92 Å². The first kappa shape index (κ1) is 22.2. The van der Waals surface area contributed by atoms with E-state index >= 15 is 0 Å². The van der Waals surface area contributed by atoms with Crippen molar-refractivity contribution in [2.45, 2.75) is 32.7 Å². The van der Waals surface area contributed by atoms with E-state index < -0.39 is 5.97 Å². The zero-order valence-corrected chi connectivity index (χ0v) is 19.2. The zero-order valence-electron chi connectivity index (χ0n) is 17.5. The minimum atomic E-state index is -0.862. The normalized spacial score (nSPS) is 18.0. The van der Waals surface area contributed by atoms with E-state index in [0.717, 1.165) is 34.1 Å². The average molecular weight is 467 g/mol. The maximum Gasteiger partial charge on any atom is 0.303 e. The minimum absolute atomic E-state index is 0.0513. The van der Waals surface area contributed by atoms with E-state index in [1.54, 1.807) is 4.90 Å². The van der Waals surface area contributed by atoms with Crippen molar-refractivity contribution < 1.29 is 19.5 Å². The lowest BCUT2D eigenvalue weighted by molar-refractivity contribution is -0.137. The molecule has 0 bridgehead atoms. The van der Waals surface area contributed by atoms with Gasteiger partial charge in [-0.1, -0.05) is 72.0 Å². The Morgan fingerprint density at radius 3 is 2.44 bits per heavy atom. The second kappa shape index (κ2) is 9.26. The molecule has 0 aliphatic carbocycles. The first-order chi connectivity index (χ1) is 15.4. The van der Waals surface area contributed by atoms with Crippen LogP contribution in [0.15, 0.2) is 53.4 Å². The third kappa shape index (κ3) is 4.33. The van der Waals surface area contributed by atoms with Gasteiger partial charge < -0.3 is 10.0 Å². The highest BCUT2D eigenvalue weighted by Crippen LogP contribution is 2.45. The third-order valence-electron chi connectivity index (χ3n) is 5.48. The number of rotatable bonds is 7. The summed E-state index contributed by atoms with van der Waals surface area (Å²) in [6.45, 7) is 2.77. The number of fused-ring (bicyclic) bond motifs is 1. The van der Waals surface area contributed by atoms with Crippen molar-refractivity contribution in [2.24, 2.45) is 0 Å². The number of hydrogen-bond donors (Lipinski definition) is 1. The SMILES string of the molecule is Cc1ccc(CN2C(=O)/C(=C3\SC(=S)N(CCCCC(=O)O)C3=O)c3ccccc32)cc1. The smallest absolute Gasteiger partial charge is 0.303 e. The van der Waals surface area contributed by atoms with Gasteiger partial charge in [0, 0.05) is 18.5 Å². The topological polar surface area (TPSA) is 77.9 Å². The average Bonchev–Trinajstić information content (AvgIpc) is 3.19. The molecule has 2 aliphatic heterocycles. The van der Waals surface area contributed by atoms with Crippen LogP contribution >= 0.6 is 24.0 Å². The summed E-state index contributed by atoms with van der Waals surface area (Å²) < 4.78 is 0.398. The molecule has 2 heterocycles. The fourth-order valence-corrected chi connectivity index (χ4v) is 5.20. The van der Waals surface area contributed by atoms with E-state index in [4.69, 9.17) is 17.3 Å². The molecule has 2 aromatic carbocycles. The van der Waals surface area contributed by atoms with Gasteiger partial charge >= 0.3 is 5.97 Å². The predicted molar refractivity (Wildman–Crippen MR) is 129 cm³/mol. The van der Waals surface area contributed by atoms with Crippen molar-refractivity contribution in [1.82, 2.24) is 4.90 Å². The maximum absolute atomic E-state index is 13.5. The van der Waals surface area contributed by atoms with Gasteiger partial charge in [-0.15, -0.1) is 0 Å². The van der Waals surface area contributed by atoms with E-state index in [1.165, 1.54) is 4.90 Å². The second-order valence-electron chi connectivity index (χ2n) is 7.77. The van der Waals surface area contributed by atoms with E-state index in [-0.39, 0.29) is 18.2 Å². The molecule has 2 amide bonds. The van der Waals surface area contributed by atoms with Gasteiger partial charge in [0.05, 0.1) is 22.7 Å². The number of aliphatic carboxylic acids is 1. The lowest BCUT2D eigenvalue weighted by Gasteiger charge is -2.17. The molecule has 164 valence electrons. The summed E-state index contributed by atoms with van der Waals surface area (Å²) in [6.07, 6.45) is 1.05. The Morgan fingerprint density at radius 1 is 1.00 bits per heavy atom. The zero-order chi connectivity index (χ0) is 22.8. The van der Waals surface area contributed by atoms with Crippen LogP contribution < -0.4 is 4.90 Å². The highest BCUT2D eigenvalue weighted by molar-refractivity contribution is 8.26. The number of thiocarbonyl (C=S) groups is 1. The molecule has 1 N–H and O–H groups in total. The van der Waals surface area contributed by atoms with Crippen molar-refractivity contribution in [3.63, 3.8) is 0 Å². The summed E-state index contributed by atoms with van der Waals surface area (Å²) in [5.74, 6) is -1.36. The molecule has 0 atom stereocenters. The van der Waals surface area contributed by atoms with Gasteiger partial charge in [-0.05, 0) is 31.4 Å². The number of benzene rings is 2. The molecule has 6 nitrogen and oxygen atoms in total. The van der Waals surface area contributed by atoms with E-state index in [0.29, 0.717) is 40.7 Å². The quantitative estimate of drug-likeness (QED) is 0.371. The fourth-order valence-electron chi connectivity index (χ4n) is 3.82. The minimum Gasteiger partial charge on any atom is -0.481 e. The van der Waals surface area contributed by atoms with Gasteiger partial charge in [0.25, 0.3) is 11.8 Å². The number of para-hydroxylation sites is 1. The van der Waals surface area contributed by atoms with Crippen LogP contribution in [0.2, 0.25) is 0 Å². The van der Waals surface area contributed by atoms with Gasteiger partial charge in [-0.25, -0.2) is 0 Å². The first-order valence-corrected chi connectivity index (χ1v) is 11.6. The van der Waals surface area contributed by atoms with Crippen LogP contribution in [0.25, 0.3) is 5.57 Å². The van der Waals surface area contributed by atoms with Crippen molar-refractivity contribution >= 4 is 57.3 Å². The molecule has 1 saturated heterocycles. The molecule has 1 fully saturated rings. The molecule has 0 spiro atoms. The first-order valence-electron chi connectivity index (χ1n) is 10.3. The molecule has 2 aromatic rings. The number of hydrogen-bond acceptors (Lipinski definition) is 5. The lowest BCUT2D eigenvalue weighted by atomic mass is 10.1. The van der Waals surface area contributed by atoms with Crippen LogP contribution in [0.4, 0.5) is 5.69 Å². The number of carbonyl (C=O) groups excluding carboxylic acids is 2. The Kier molecular flexibility index (Phi) is 6.43. The summed E-state index contributed by atoms with van der Waals surface area (Å²) >= 11 is 6.55. The van der Waals surface area contributed by atoms with Gasteiger partial charge in [-0.3, -0.25) is 19.3 Å². The number of carboxylic acids is 1. The van der Waals surface area contributed by atoms with E-state index in [2.05, 4.69) is 0 Å². The molecule has 8 heteroatoms. The summed E-state index contributed by atoms with van der Waals surface area (Å²) in [6, 6.07) is 15.5. The number of thioether (sulfide) groups is 1. The molecular weight excluding hydrogens is 444 g/mol. The Bertz CT molecular complexity index is 1140. The van der Waals surface area contributed by atoms with Gasteiger partial charge in [0.1, 0.15) is 4.32 Å². The summed E-state index contributed by atoms with van der Waals surface area (Å²) in [5, 5.41) is 8.80. The number of aryl methyl sites for hydroxylation is 1. The Morgan fingerprint density at radius 2 is 1.72 bits per heavy atom. The number of anilines is 1. The number of carbonyl (C=O) groups is 3. The number of unbranched alkanes of at least 4 members (excludes halogenated alkanes) is 1. The number of nitrogens with zero attached hydrogens (tertiary/aromatic N) is 2. The summed E-state index contributed by atoms with van der Waals surface area (Å²) in [4.78, 5) is 40.9. The van der Waals surface area contributed by atoms with Gasteiger partial charge in [0.2, 0.25) is 0 Å². The van der Waals surface area contributed by atoms with Crippen LogP contribution in [0.3, 0.4) is 0 Å². The highest BCUT2D eigenvalue weighted by Gasteiger charge is 2.41. The molecule has 0 unspecified atom stereocenters. The summed E-state index contributed by atoms with van der Waals surface area (Å²) in [7, 11) is 0. The van der Waals surface area contributed by atoms with Crippen LogP contribution in [-0.2, 0) is 20.9 Å². The lowest BCUT2D eigenvalue weighted by Crippen LogP contribution is -2.30. The van der Waals surface area contributed by atoms with Crippen molar-refractivity contribution in [3.05, 3.63) is 70.1 Å². The molecule has 2 aliphatic rings. The molecule has 0 radical (unpaired) electrons. The van der Waals surface area contributed by atoms with Crippen LogP contribution in [-0.4, -0.2) is 38.7 Å². The van der Waals surface area contributed by atoms with Crippen molar-refractivity contribution in [3.8, 4) is 0 Å². The number of amides is 2. The second-order valence-corrected chi connectivity index (χ2v) is 9.42. The number of carboxylic acid groups (broad SMARTS) is 1. The maximum atomic E-state index is 13.5. The monoisotopic (exact) mass is 466 g/mol. The standard InChI is InChI=1S/C24H22N2O4S2/c1-15-9-11-16(12-10-15)14-26-18-7-3-2-6-17(18)20(22(26)29)21-23(30)25(24(31)32-21)13-5-4-8-19(27)28/h2-3,6-7,9-12H,4-5,8,13-14H2,1H3,(H,27,28)/b21-20-. The van der Waals surface area contributed by atoms with E-state index in [1.807, 2.05) is 55.5 Å². The van der Waals surface area contributed by atoms with Crippen LogP contribution in [0.5, 0.6) is 0 Å². The predicted octanol–water partition coefficient (Wildman–Crippen LogP) is 4.37. The molecule has 0 saturated carbocycles. The van der Waals surface area contributed by atoms with Gasteiger partial charge in [0.15, 0.2) is 0 Å². The van der Waals surface area contributed by atoms with Crippen molar-refractivity contribution in [1.29, 1.82) is 0 Å². The molecule has 4 rings (SSSR count). The summed E-state index contributed by atoms with van der Waals surface area (Å²) in [5.41, 5.74) is 4.05. The fraction of sp³-hybridized carbons (Fsp3) is 0.250. The third-order valence-corrected chi connectivity index (χ3v) is 6.93. The van der Waals surface area contributed by atoms with Gasteiger partial charge in [-0.2, -0.15) is 0 Å². The van der Waals surface area contributed by atoms with Crippen molar-refractivity contribution in [2.75, 3.05) is 11.4 Å². The Hall–Kier alpha value is -2.97. The molecular formula is C24H22N2O4S2. The van der Waals surface area contributed by atoms with Crippen LogP contribution in [0.1, 0.15) is 36.0 Å². The molecule has 0 aromatic heterocycles. The van der Waals surface area contributed by atoms with E-state index in [9.17, 15) is 14.4 Å².